The molecule has 2 heteroatoms. The summed E-state index contributed by atoms with van der Waals surface area (Å²) in [5.74, 6) is 0. The van der Waals surface area contributed by atoms with Gasteiger partial charge in [0, 0.05) is 6.61 Å². The van der Waals surface area contributed by atoms with E-state index in [1.165, 1.54) is 94.6 Å². The lowest BCUT2D eigenvalue weighted by Gasteiger charge is -2.16. The number of benzene rings is 2. The van der Waals surface area contributed by atoms with Crippen molar-refractivity contribution >= 4 is 0 Å². The van der Waals surface area contributed by atoms with Crippen molar-refractivity contribution in [2.45, 2.75) is 110 Å². The molecule has 0 fully saturated rings. The maximum Gasteiger partial charge on any atom is 0.0810 e. The van der Waals surface area contributed by atoms with Crippen LogP contribution in [-0.2, 0) is 22.5 Å². The number of hydrogen-bond donors (Lipinski definition) is 0. The standard InChI is InChI=1S/C31H48O2/c1-2-31(33-27-30-24-18-14-19-25-30)28-32-26-20-12-10-8-6-4-3-5-7-9-11-15-21-29-22-16-13-17-23-29/h13-14,16-19,22-25,31H,2-12,15,20-21,26-28H2,1H3. The minimum atomic E-state index is 0.203. The fourth-order valence-corrected chi connectivity index (χ4v) is 4.23. The summed E-state index contributed by atoms with van der Waals surface area (Å²) < 4.78 is 11.9. The minimum Gasteiger partial charge on any atom is -0.379 e. The Kier molecular flexibility index (Phi) is 16.6. The molecule has 184 valence electrons. The van der Waals surface area contributed by atoms with Gasteiger partial charge in [0.25, 0.3) is 0 Å². The van der Waals surface area contributed by atoms with Crippen molar-refractivity contribution in [1.82, 2.24) is 0 Å². The van der Waals surface area contributed by atoms with E-state index in [9.17, 15) is 0 Å². The van der Waals surface area contributed by atoms with Crippen LogP contribution >= 0.6 is 0 Å². The Morgan fingerprint density at radius 3 is 1.61 bits per heavy atom. The van der Waals surface area contributed by atoms with E-state index in [0.717, 1.165) is 19.6 Å². The number of unbranched alkanes of at least 4 members (excludes halogenated alkanes) is 11. The third-order valence-electron chi connectivity index (χ3n) is 6.43. The van der Waals surface area contributed by atoms with Crippen LogP contribution in [0.3, 0.4) is 0 Å². The monoisotopic (exact) mass is 452 g/mol. The summed E-state index contributed by atoms with van der Waals surface area (Å²) >= 11 is 0. The van der Waals surface area contributed by atoms with Gasteiger partial charge in [0.1, 0.15) is 0 Å². The molecule has 0 heterocycles. The molecule has 0 amide bonds. The molecular formula is C31H48O2. The van der Waals surface area contributed by atoms with E-state index in [2.05, 4.69) is 61.5 Å². The molecule has 0 aliphatic rings. The summed E-state index contributed by atoms with van der Waals surface area (Å²) in [5, 5.41) is 0. The fourth-order valence-electron chi connectivity index (χ4n) is 4.23. The van der Waals surface area contributed by atoms with Crippen LogP contribution in [0.1, 0.15) is 102 Å². The summed E-state index contributed by atoms with van der Waals surface area (Å²) in [6.07, 6.45) is 18.9. The van der Waals surface area contributed by atoms with E-state index >= 15 is 0 Å². The van der Waals surface area contributed by atoms with E-state index in [1.54, 1.807) is 0 Å². The quantitative estimate of drug-likeness (QED) is 0.176. The van der Waals surface area contributed by atoms with Crippen molar-refractivity contribution in [3.63, 3.8) is 0 Å². The van der Waals surface area contributed by atoms with Gasteiger partial charge in [-0.1, -0.05) is 132 Å². The van der Waals surface area contributed by atoms with Crippen molar-refractivity contribution in [1.29, 1.82) is 0 Å². The van der Waals surface area contributed by atoms with Gasteiger partial charge >= 0.3 is 0 Å². The van der Waals surface area contributed by atoms with Crippen LogP contribution in [0.2, 0.25) is 0 Å². The van der Waals surface area contributed by atoms with E-state index in [1.807, 2.05) is 6.07 Å². The third-order valence-corrected chi connectivity index (χ3v) is 6.43. The van der Waals surface area contributed by atoms with Crippen LogP contribution in [0.5, 0.6) is 0 Å². The van der Waals surface area contributed by atoms with Gasteiger partial charge in [-0.15, -0.1) is 0 Å². The molecule has 2 nitrogen and oxygen atoms in total. The van der Waals surface area contributed by atoms with Gasteiger partial charge < -0.3 is 9.47 Å². The normalized spacial score (nSPS) is 12.2. The first-order valence-electron chi connectivity index (χ1n) is 13.7. The largest absolute Gasteiger partial charge is 0.379 e. The molecule has 0 aliphatic heterocycles. The first-order chi connectivity index (χ1) is 16.4. The fraction of sp³-hybridized carbons (Fsp3) is 0.613. The Labute approximate surface area is 204 Å². The molecule has 0 spiro atoms. The average molecular weight is 453 g/mol. The topological polar surface area (TPSA) is 18.5 Å². The van der Waals surface area contributed by atoms with Crippen LogP contribution in [0.15, 0.2) is 60.7 Å². The van der Waals surface area contributed by atoms with Gasteiger partial charge in [-0.3, -0.25) is 0 Å². The number of rotatable bonds is 21. The van der Waals surface area contributed by atoms with E-state index in [0.29, 0.717) is 6.61 Å². The number of ether oxygens (including phenoxy) is 2. The average Bonchev–Trinajstić information content (AvgIpc) is 2.86. The van der Waals surface area contributed by atoms with Gasteiger partial charge in [0.2, 0.25) is 0 Å². The van der Waals surface area contributed by atoms with Crippen LogP contribution in [0.4, 0.5) is 0 Å². The lowest BCUT2D eigenvalue weighted by molar-refractivity contribution is -0.0269. The Balaban J connectivity index is 1.28. The van der Waals surface area contributed by atoms with Crippen molar-refractivity contribution < 1.29 is 9.47 Å². The van der Waals surface area contributed by atoms with Crippen molar-refractivity contribution in [3.05, 3.63) is 71.8 Å². The summed E-state index contributed by atoms with van der Waals surface area (Å²) in [4.78, 5) is 0. The molecule has 2 rings (SSSR count). The molecule has 2 aromatic carbocycles. The van der Waals surface area contributed by atoms with Crippen molar-refractivity contribution in [3.8, 4) is 0 Å². The van der Waals surface area contributed by atoms with Crippen LogP contribution in [0, 0.1) is 0 Å². The number of hydrogen-bond acceptors (Lipinski definition) is 2. The van der Waals surface area contributed by atoms with E-state index in [4.69, 9.17) is 9.47 Å². The van der Waals surface area contributed by atoms with Crippen molar-refractivity contribution in [2.75, 3.05) is 13.2 Å². The minimum absolute atomic E-state index is 0.203. The predicted molar refractivity (Wildman–Crippen MR) is 142 cm³/mol. The molecule has 0 saturated carbocycles. The first kappa shape index (κ1) is 27.6. The molecule has 0 saturated heterocycles. The highest BCUT2D eigenvalue weighted by molar-refractivity contribution is 5.14. The third kappa shape index (κ3) is 15.0. The van der Waals surface area contributed by atoms with E-state index < -0.39 is 0 Å². The van der Waals surface area contributed by atoms with E-state index in [-0.39, 0.29) is 6.10 Å². The molecule has 1 atom stereocenters. The second kappa shape index (κ2) is 19.8. The Hall–Kier alpha value is -1.64. The summed E-state index contributed by atoms with van der Waals surface area (Å²) in [5.41, 5.74) is 2.72. The lowest BCUT2D eigenvalue weighted by Crippen LogP contribution is -2.19. The molecule has 2 aromatic rings. The predicted octanol–water partition coefficient (Wildman–Crippen LogP) is 8.92. The zero-order chi connectivity index (χ0) is 23.2. The lowest BCUT2D eigenvalue weighted by atomic mass is 10.0. The van der Waals surface area contributed by atoms with Crippen molar-refractivity contribution in [2.24, 2.45) is 0 Å². The second-order valence-corrected chi connectivity index (χ2v) is 9.38. The van der Waals surface area contributed by atoms with Crippen LogP contribution < -0.4 is 0 Å². The molecular weight excluding hydrogens is 404 g/mol. The Morgan fingerprint density at radius 1 is 0.576 bits per heavy atom. The highest BCUT2D eigenvalue weighted by atomic mass is 16.5. The highest BCUT2D eigenvalue weighted by Gasteiger charge is 2.07. The maximum atomic E-state index is 5.99. The molecule has 0 N–H and O–H groups in total. The molecule has 0 aliphatic carbocycles. The summed E-state index contributed by atoms with van der Waals surface area (Å²) in [6, 6.07) is 21.3. The van der Waals surface area contributed by atoms with Gasteiger partial charge in [-0.05, 0) is 36.8 Å². The zero-order valence-electron chi connectivity index (χ0n) is 21.2. The van der Waals surface area contributed by atoms with Crippen LogP contribution in [-0.4, -0.2) is 19.3 Å². The van der Waals surface area contributed by atoms with Gasteiger partial charge in [-0.25, -0.2) is 0 Å². The second-order valence-electron chi connectivity index (χ2n) is 9.38. The van der Waals surface area contributed by atoms with Gasteiger partial charge in [0.05, 0.1) is 19.3 Å². The first-order valence-corrected chi connectivity index (χ1v) is 13.7. The molecule has 0 bridgehead atoms. The highest BCUT2D eigenvalue weighted by Crippen LogP contribution is 2.13. The van der Waals surface area contributed by atoms with Gasteiger partial charge in [-0.2, -0.15) is 0 Å². The SMILES string of the molecule is CCC(COCCCCCCCCCCCCCCc1ccccc1)OCc1ccccc1. The summed E-state index contributed by atoms with van der Waals surface area (Å²) in [7, 11) is 0. The van der Waals surface area contributed by atoms with Gasteiger partial charge in [0.15, 0.2) is 0 Å². The molecule has 0 radical (unpaired) electrons. The smallest absolute Gasteiger partial charge is 0.0810 e. The Bertz CT molecular complexity index is 655. The van der Waals surface area contributed by atoms with Crippen LogP contribution in [0.25, 0.3) is 0 Å². The number of aryl methyl sites for hydroxylation is 1. The molecule has 1 unspecified atom stereocenters. The zero-order valence-corrected chi connectivity index (χ0v) is 21.2. The summed E-state index contributed by atoms with van der Waals surface area (Å²) in [6.45, 7) is 4.44. The Morgan fingerprint density at radius 2 is 1.06 bits per heavy atom. The maximum absolute atomic E-state index is 5.99. The molecule has 33 heavy (non-hydrogen) atoms. The molecule has 0 aromatic heterocycles.